The Labute approximate surface area is 95.0 Å². The molecule has 0 aliphatic rings. The minimum Gasteiger partial charge on any atom is -0.490 e. The van der Waals surface area contributed by atoms with Gasteiger partial charge >= 0.3 is 0 Å². The first-order valence-electron chi connectivity index (χ1n) is 5.24. The highest BCUT2D eigenvalue weighted by Crippen LogP contribution is 2.35. The van der Waals surface area contributed by atoms with Crippen molar-refractivity contribution in [2.75, 3.05) is 18.2 Å². The Hall–Kier alpha value is -0.970. The van der Waals surface area contributed by atoms with Gasteiger partial charge in [-0.1, -0.05) is 19.8 Å². The molecule has 0 saturated carbocycles. The number of unbranched alkanes of at least 4 members (excludes halogenated alkanes) is 1. The van der Waals surface area contributed by atoms with Crippen LogP contribution in [0.4, 0.5) is 10.8 Å². The highest BCUT2D eigenvalue weighted by Gasteiger charge is 2.13. The lowest BCUT2D eigenvalue weighted by atomic mass is 10.1. The van der Waals surface area contributed by atoms with E-state index in [1.165, 1.54) is 24.4 Å². The number of ether oxygens (including phenoxy) is 1. The third-order valence-corrected chi connectivity index (χ3v) is 3.02. The molecule has 0 radical (unpaired) electrons. The summed E-state index contributed by atoms with van der Waals surface area (Å²) in [7, 11) is 1.61. The molecule has 0 aliphatic heterocycles. The van der Waals surface area contributed by atoms with Crippen LogP contribution >= 0.6 is 11.5 Å². The number of nitrogens with two attached hydrogens (primary N) is 1. The van der Waals surface area contributed by atoms with E-state index >= 15 is 0 Å². The zero-order valence-electron chi connectivity index (χ0n) is 9.54. The fraction of sp³-hybridized carbons (Fsp3) is 0.700. The Balaban J connectivity index is 2.55. The predicted octanol–water partition coefficient (Wildman–Crippen LogP) is 2.72. The molecule has 1 atom stereocenters. The maximum absolute atomic E-state index is 5.66. The molecule has 4 nitrogen and oxygen atoms in total. The second-order valence-electron chi connectivity index (χ2n) is 3.62. The second-order valence-corrected chi connectivity index (χ2v) is 4.39. The zero-order valence-corrected chi connectivity index (χ0v) is 10.4. The molecule has 15 heavy (non-hydrogen) atoms. The van der Waals surface area contributed by atoms with Gasteiger partial charge in [0.15, 0.2) is 16.6 Å². The minimum atomic E-state index is 0.429. The van der Waals surface area contributed by atoms with Crippen LogP contribution in [0.15, 0.2) is 0 Å². The van der Waals surface area contributed by atoms with Gasteiger partial charge in [0, 0.05) is 6.04 Å². The van der Waals surface area contributed by atoms with Gasteiger partial charge in [0.2, 0.25) is 0 Å². The molecule has 1 rings (SSSR count). The Bertz CT molecular complexity index is 301. The summed E-state index contributed by atoms with van der Waals surface area (Å²) in [6.45, 7) is 4.35. The van der Waals surface area contributed by atoms with Gasteiger partial charge in [0.05, 0.1) is 7.11 Å². The van der Waals surface area contributed by atoms with E-state index < -0.39 is 0 Å². The monoisotopic (exact) mass is 229 g/mol. The molecular formula is C10H19N3OS. The molecule has 0 aliphatic carbocycles. The fourth-order valence-corrected chi connectivity index (χ4v) is 2.19. The minimum absolute atomic E-state index is 0.429. The van der Waals surface area contributed by atoms with Gasteiger partial charge in [-0.3, -0.25) is 0 Å². The van der Waals surface area contributed by atoms with E-state index in [0.717, 1.165) is 11.4 Å². The Morgan fingerprint density at radius 3 is 2.93 bits per heavy atom. The van der Waals surface area contributed by atoms with Gasteiger partial charge in [-0.05, 0) is 24.9 Å². The molecule has 0 saturated heterocycles. The molecule has 0 amide bonds. The molecule has 1 aromatic heterocycles. The molecular weight excluding hydrogens is 210 g/mol. The Morgan fingerprint density at radius 2 is 2.33 bits per heavy atom. The first-order valence-corrected chi connectivity index (χ1v) is 6.02. The van der Waals surface area contributed by atoms with E-state index in [2.05, 4.69) is 23.5 Å². The first-order chi connectivity index (χ1) is 7.19. The van der Waals surface area contributed by atoms with Crippen molar-refractivity contribution >= 4 is 22.4 Å². The standard InChI is InChI=1S/C10H19N3OS/c1-4-5-6-7(2)12-10-8(14-3)9(11)13-15-10/h7,12H,4-6H2,1-3H3,(H2,11,13). The largest absolute Gasteiger partial charge is 0.490 e. The fourth-order valence-electron chi connectivity index (χ4n) is 1.39. The summed E-state index contributed by atoms with van der Waals surface area (Å²) in [5.74, 6) is 1.14. The van der Waals surface area contributed by atoms with Crippen LogP contribution in [0.25, 0.3) is 0 Å². The lowest BCUT2D eigenvalue weighted by Crippen LogP contribution is -2.14. The van der Waals surface area contributed by atoms with Crippen LogP contribution in [-0.2, 0) is 0 Å². The summed E-state index contributed by atoms with van der Waals surface area (Å²) in [5, 5.41) is 4.30. The molecule has 86 valence electrons. The normalized spacial score (nSPS) is 12.5. The van der Waals surface area contributed by atoms with Crippen LogP contribution in [0, 0.1) is 0 Å². The van der Waals surface area contributed by atoms with Crippen molar-refractivity contribution in [2.45, 2.75) is 39.2 Å². The van der Waals surface area contributed by atoms with Crippen molar-refractivity contribution in [3.8, 4) is 5.75 Å². The average molecular weight is 229 g/mol. The predicted molar refractivity (Wildman–Crippen MR) is 65.7 cm³/mol. The van der Waals surface area contributed by atoms with Crippen molar-refractivity contribution < 1.29 is 4.74 Å². The zero-order chi connectivity index (χ0) is 11.3. The average Bonchev–Trinajstić information content (AvgIpc) is 2.56. The van der Waals surface area contributed by atoms with Gasteiger partial charge in [-0.2, -0.15) is 4.37 Å². The van der Waals surface area contributed by atoms with Gasteiger partial charge < -0.3 is 15.8 Å². The number of anilines is 2. The molecule has 0 spiro atoms. The second kappa shape index (κ2) is 5.80. The number of nitrogens with one attached hydrogen (secondary N) is 1. The number of rotatable bonds is 6. The van der Waals surface area contributed by atoms with Crippen molar-refractivity contribution in [1.29, 1.82) is 0 Å². The van der Waals surface area contributed by atoms with E-state index in [1.807, 2.05) is 0 Å². The number of nitrogen functional groups attached to an aromatic ring is 1. The first kappa shape index (κ1) is 12.1. The number of nitrogens with zero attached hydrogens (tertiary/aromatic N) is 1. The van der Waals surface area contributed by atoms with Crippen LogP contribution in [0.1, 0.15) is 33.1 Å². The highest BCUT2D eigenvalue weighted by atomic mass is 32.1. The summed E-state index contributed by atoms with van der Waals surface area (Å²) < 4.78 is 9.23. The van der Waals surface area contributed by atoms with Crippen LogP contribution < -0.4 is 15.8 Å². The SMILES string of the molecule is CCCCC(C)Nc1snc(N)c1OC. The molecule has 0 fully saturated rings. The number of aromatic nitrogens is 1. The lowest BCUT2D eigenvalue weighted by molar-refractivity contribution is 0.419. The Kier molecular flexibility index (Phi) is 4.68. The molecule has 3 N–H and O–H groups in total. The van der Waals surface area contributed by atoms with E-state index in [9.17, 15) is 0 Å². The lowest BCUT2D eigenvalue weighted by Gasteiger charge is -2.13. The van der Waals surface area contributed by atoms with E-state index in [1.54, 1.807) is 7.11 Å². The van der Waals surface area contributed by atoms with Crippen LogP contribution in [-0.4, -0.2) is 17.5 Å². The van der Waals surface area contributed by atoms with Gasteiger partial charge in [0.25, 0.3) is 0 Å². The van der Waals surface area contributed by atoms with E-state index in [4.69, 9.17) is 10.5 Å². The topological polar surface area (TPSA) is 60.2 Å². The molecule has 5 heteroatoms. The number of hydrogen-bond donors (Lipinski definition) is 2. The van der Waals surface area contributed by atoms with Crippen LogP contribution in [0.3, 0.4) is 0 Å². The highest BCUT2D eigenvalue weighted by molar-refractivity contribution is 7.11. The summed E-state index contributed by atoms with van der Waals surface area (Å²) in [6.07, 6.45) is 3.59. The maximum Gasteiger partial charge on any atom is 0.197 e. The smallest absolute Gasteiger partial charge is 0.197 e. The quantitative estimate of drug-likeness (QED) is 0.787. The summed E-state index contributed by atoms with van der Waals surface area (Å²) in [5.41, 5.74) is 5.66. The number of hydrogen-bond acceptors (Lipinski definition) is 5. The Morgan fingerprint density at radius 1 is 1.60 bits per heavy atom. The van der Waals surface area contributed by atoms with E-state index in [0.29, 0.717) is 17.6 Å². The van der Waals surface area contributed by atoms with Crippen molar-refractivity contribution in [2.24, 2.45) is 0 Å². The summed E-state index contributed by atoms with van der Waals surface area (Å²) in [6, 6.07) is 0.429. The molecule has 1 heterocycles. The van der Waals surface area contributed by atoms with Crippen molar-refractivity contribution in [1.82, 2.24) is 4.37 Å². The van der Waals surface area contributed by atoms with E-state index in [-0.39, 0.29) is 0 Å². The third kappa shape index (κ3) is 3.27. The van der Waals surface area contributed by atoms with Crippen LogP contribution in [0.2, 0.25) is 0 Å². The molecule has 1 unspecified atom stereocenters. The summed E-state index contributed by atoms with van der Waals surface area (Å²) in [4.78, 5) is 0. The maximum atomic E-state index is 5.66. The van der Waals surface area contributed by atoms with Crippen LogP contribution in [0.5, 0.6) is 5.75 Å². The molecule has 0 bridgehead atoms. The molecule has 0 aromatic carbocycles. The summed E-state index contributed by atoms with van der Waals surface area (Å²) >= 11 is 1.35. The van der Waals surface area contributed by atoms with Gasteiger partial charge in [-0.25, -0.2) is 0 Å². The third-order valence-electron chi connectivity index (χ3n) is 2.25. The number of methoxy groups -OCH3 is 1. The van der Waals surface area contributed by atoms with Gasteiger partial charge in [-0.15, -0.1) is 0 Å². The van der Waals surface area contributed by atoms with Gasteiger partial charge in [0.1, 0.15) is 0 Å². The van der Waals surface area contributed by atoms with Crippen molar-refractivity contribution in [3.05, 3.63) is 0 Å². The van der Waals surface area contributed by atoms with Crippen molar-refractivity contribution in [3.63, 3.8) is 0 Å². The molecule has 1 aromatic rings.